The van der Waals surface area contributed by atoms with Crippen LogP contribution < -0.4 is 0 Å². The predicted molar refractivity (Wildman–Crippen MR) is 140 cm³/mol. The minimum absolute atomic E-state index is 0.217. The van der Waals surface area contributed by atoms with Gasteiger partial charge in [0.25, 0.3) is 0 Å². The highest BCUT2D eigenvalue weighted by atomic mass is 28.4. The van der Waals surface area contributed by atoms with Gasteiger partial charge < -0.3 is 28.1 Å². The molecule has 0 unspecified atom stereocenters. The van der Waals surface area contributed by atoms with E-state index in [0.717, 1.165) is 69.5 Å². The molecule has 206 valence electrons. The van der Waals surface area contributed by atoms with Crippen molar-refractivity contribution in [2.45, 2.75) is 146 Å². The molecule has 0 radical (unpaired) electrons. The first-order valence-electron chi connectivity index (χ1n) is 14.6. The number of carbonyl (C=O) groups is 1. The molecule has 0 bridgehead atoms. The molecule has 4 fully saturated rings. The number of rotatable bonds is 10. The fourth-order valence-corrected chi connectivity index (χ4v) is 9.35. The van der Waals surface area contributed by atoms with E-state index >= 15 is 0 Å². The molecule has 4 atom stereocenters. The number of ether oxygens (including phenoxy) is 5. The van der Waals surface area contributed by atoms with Crippen LogP contribution in [0.3, 0.4) is 0 Å². The summed E-state index contributed by atoms with van der Waals surface area (Å²) < 4.78 is 39.0. The van der Waals surface area contributed by atoms with Gasteiger partial charge in [0.1, 0.15) is 24.4 Å². The molecule has 0 aromatic carbocycles. The highest BCUT2D eigenvalue weighted by Crippen LogP contribution is 2.46. The van der Waals surface area contributed by atoms with Gasteiger partial charge in [-0.1, -0.05) is 33.6 Å². The molecule has 2 spiro atoms. The minimum Gasteiger partial charge on any atom is -0.463 e. The Bertz CT molecular complexity index is 732. The Kier molecular flexibility index (Phi) is 9.72. The standard InChI is InChI=1S/C28H48O7Si/c1-5-30-24(29)16-15-22-25(34-28(32-22)19-13-10-14-20-28)26(35-36(6-2,7-3)8-4)23-21-31-27(33-23)17-11-9-12-18-27/h15-16,22-23,25-26H,5-14,17-21H2,1-4H3/b16-15+/t22-,23+,25-,26-/m0/s1. The average Bonchev–Trinajstić information content (AvgIpc) is 3.46. The Morgan fingerprint density at radius 1 is 0.889 bits per heavy atom. The summed E-state index contributed by atoms with van der Waals surface area (Å²) in [4.78, 5) is 12.2. The number of esters is 1. The fourth-order valence-electron chi connectivity index (χ4n) is 6.49. The molecule has 2 saturated carbocycles. The van der Waals surface area contributed by atoms with E-state index in [4.69, 9.17) is 28.1 Å². The van der Waals surface area contributed by atoms with Crippen molar-refractivity contribution in [3.63, 3.8) is 0 Å². The third kappa shape index (κ3) is 6.26. The Labute approximate surface area is 218 Å². The molecule has 0 amide bonds. The lowest BCUT2D eigenvalue weighted by molar-refractivity contribution is -0.215. The van der Waals surface area contributed by atoms with Crippen molar-refractivity contribution in [2.24, 2.45) is 0 Å². The minimum atomic E-state index is -2.01. The quantitative estimate of drug-likeness (QED) is 0.197. The molecule has 0 aromatic heterocycles. The first-order valence-corrected chi connectivity index (χ1v) is 17.1. The van der Waals surface area contributed by atoms with Crippen LogP contribution >= 0.6 is 0 Å². The summed E-state index contributed by atoms with van der Waals surface area (Å²) in [5.41, 5.74) is 0. The van der Waals surface area contributed by atoms with Crippen molar-refractivity contribution < 1.29 is 32.9 Å². The van der Waals surface area contributed by atoms with Gasteiger partial charge in [-0.15, -0.1) is 0 Å². The molecule has 2 aliphatic heterocycles. The highest BCUT2D eigenvalue weighted by Gasteiger charge is 2.56. The zero-order valence-corrected chi connectivity index (χ0v) is 23.9. The lowest BCUT2D eigenvalue weighted by Gasteiger charge is -2.40. The normalized spacial score (nSPS) is 30.8. The fraction of sp³-hybridized carbons (Fsp3) is 0.893. The molecule has 4 aliphatic rings. The van der Waals surface area contributed by atoms with Crippen LogP contribution in [0.1, 0.15) is 91.9 Å². The second-order valence-electron chi connectivity index (χ2n) is 11.0. The molecule has 7 nitrogen and oxygen atoms in total. The Hall–Kier alpha value is -0.773. The maximum atomic E-state index is 12.2. The summed E-state index contributed by atoms with van der Waals surface area (Å²) in [6.45, 7) is 9.41. The molecule has 4 rings (SSSR count). The van der Waals surface area contributed by atoms with E-state index in [1.165, 1.54) is 18.9 Å². The smallest absolute Gasteiger partial charge is 0.330 e. The van der Waals surface area contributed by atoms with Gasteiger partial charge in [0.2, 0.25) is 0 Å². The number of hydrogen-bond acceptors (Lipinski definition) is 7. The second-order valence-corrected chi connectivity index (χ2v) is 15.7. The van der Waals surface area contributed by atoms with Gasteiger partial charge in [-0.2, -0.15) is 0 Å². The van der Waals surface area contributed by atoms with Gasteiger partial charge in [-0.3, -0.25) is 0 Å². The van der Waals surface area contributed by atoms with Crippen molar-refractivity contribution in [3.05, 3.63) is 12.2 Å². The maximum Gasteiger partial charge on any atom is 0.330 e. The summed E-state index contributed by atoms with van der Waals surface area (Å²) in [5, 5.41) is 0. The lowest BCUT2D eigenvalue weighted by atomic mass is 9.94. The molecule has 0 aromatic rings. The third-order valence-corrected chi connectivity index (χ3v) is 13.5. The third-order valence-electron chi connectivity index (χ3n) is 8.85. The van der Waals surface area contributed by atoms with E-state index in [0.29, 0.717) is 13.2 Å². The number of hydrogen-bond donors (Lipinski definition) is 0. The SMILES string of the molecule is CCOC(=O)/C=C/[C@@H]1OC2(CCCCC2)O[C@@H]1[C@@H](O[Si](CC)(CC)CC)[C@H]1COC2(CCCCC2)O1. The summed E-state index contributed by atoms with van der Waals surface area (Å²) in [5.74, 6) is -1.47. The van der Waals surface area contributed by atoms with Crippen molar-refractivity contribution in [1.29, 1.82) is 0 Å². The van der Waals surface area contributed by atoms with Crippen molar-refractivity contribution >= 4 is 14.3 Å². The van der Waals surface area contributed by atoms with Crippen molar-refractivity contribution in [2.75, 3.05) is 13.2 Å². The summed E-state index contributed by atoms with van der Waals surface area (Å²) in [7, 11) is -2.01. The van der Waals surface area contributed by atoms with Crippen LogP contribution in [0.15, 0.2) is 12.2 Å². The molecule has 8 heteroatoms. The molecule has 0 N–H and O–H groups in total. The van der Waals surface area contributed by atoms with Crippen LogP contribution in [0.25, 0.3) is 0 Å². The highest BCUT2D eigenvalue weighted by molar-refractivity contribution is 6.73. The Balaban J connectivity index is 1.64. The first-order chi connectivity index (χ1) is 17.4. The molecule has 2 saturated heterocycles. The van der Waals surface area contributed by atoms with Gasteiger partial charge in [0, 0.05) is 31.8 Å². The van der Waals surface area contributed by atoms with Gasteiger partial charge in [0.15, 0.2) is 19.9 Å². The van der Waals surface area contributed by atoms with Crippen LogP contribution in [-0.4, -0.2) is 63.5 Å². The molecular weight excluding hydrogens is 476 g/mol. The van der Waals surface area contributed by atoms with E-state index in [1.807, 2.05) is 13.0 Å². The molecular formula is C28H48O7Si. The van der Waals surface area contributed by atoms with Gasteiger partial charge in [-0.05, 0) is 56.8 Å². The van der Waals surface area contributed by atoms with Crippen LogP contribution in [-0.2, 0) is 32.9 Å². The van der Waals surface area contributed by atoms with E-state index < -0.39 is 26.0 Å². The first kappa shape index (κ1) is 28.2. The lowest BCUT2D eigenvalue weighted by Crippen LogP contribution is -2.53. The van der Waals surface area contributed by atoms with Gasteiger partial charge >= 0.3 is 5.97 Å². The average molecular weight is 525 g/mol. The van der Waals surface area contributed by atoms with Crippen LogP contribution in [0.2, 0.25) is 18.1 Å². The van der Waals surface area contributed by atoms with Gasteiger partial charge in [-0.25, -0.2) is 4.79 Å². The summed E-state index contributed by atoms with van der Waals surface area (Å²) in [6, 6.07) is 3.12. The largest absolute Gasteiger partial charge is 0.463 e. The topological polar surface area (TPSA) is 72.5 Å². The maximum absolute atomic E-state index is 12.2. The Morgan fingerprint density at radius 2 is 1.50 bits per heavy atom. The molecule has 36 heavy (non-hydrogen) atoms. The van der Waals surface area contributed by atoms with Crippen molar-refractivity contribution in [3.8, 4) is 0 Å². The zero-order chi connectivity index (χ0) is 25.7. The second kappa shape index (κ2) is 12.4. The van der Waals surface area contributed by atoms with Crippen molar-refractivity contribution in [1.82, 2.24) is 0 Å². The van der Waals surface area contributed by atoms with E-state index in [-0.39, 0.29) is 24.3 Å². The summed E-state index contributed by atoms with van der Waals surface area (Å²) >= 11 is 0. The summed E-state index contributed by atoms with van der Waals surface area (Å²) in [6.07, 6.45) is 12.5. The molecule has 2 aliphatic carbocycles. The van der Waals surface area contributed by atoms with Crippen LogP contribution in [0.4, 0.5) is 0 Å². The van der Waals surface area contributed by atoms with E-state index in [2.05, 4.69) is 20.8 Å². The number of carbonyl (C=O) groups excluding carboxylic acids is 1. The van der Waals surface area contributed by atoms with Gasteiger partial charge in [0.05, 0.1) is 13.2 Å². The van der Waals surface area contributed by atoms with E-state index in [9.17, 15) is 4.79 Å². The molecule has 2 heterocycles. The monoisotopic (exact) mass is 524 g/mol. The van der Waals surface area contributed by atoms with E-state index in [1.54, 1.807) is 0 Å². The zero-order valence-electron chi connectivity index (χ0n) is 22.9. The predicted octanol–water partition coefficient (Wildman–Crippen LogP) is 6.02. The van der Waals surface area contributed by atoms with Crippen LogP contribution in [0, 0.1) is 0 Å². The Morgan fingerprint density at radius 3 is 2.08 bits per heavy atom. The van der Waals surface area contributed by atoms with Crippen LogP contribution in [0.5, 0.6) is 0 Å².